The van der Waals surface area contributed by atoms with E-state index in [1.807, 2.05) is 13.8 Å². The predicted octanol–water partition coefficient (Wildman–Crippen LogP) is 0.422. The van der Waals surface area contributed by atoms with E-state index in [2.05, 4.69) is 19.4 Å². The lowest BCUT2D eigenvalue weighted by Gasteiger charge is -2.09. The number of rotatable bonds is 8. The van der Waals surface area contributed by atoms with Gasteiger partial charge in [-0.25, -0.2) is 14.4 Å². The molecule has 0 atom stereocenters. The first-order valence-corrected chi connectivity index (χ1v) is 7.20. The van der Waals surface area contributed by atoms with Crippen molar-refractivity contribution in [1.29, 1.82) is 0 Å². The van der Waals surface area contributed by atoms with E-state index in [-0.39, 0.29) is 0 Å². The number of nitrogens with zero attached hydrogens (tertiary/aromatic N) is 1. The van der Waals surface area contributed by atoms with Gasteiger partial charge in [0.25, 0.3) is 10.2 Å². The van der Waals surface area contributed by atoms with Crippen molar-refractivity contribution in [2.75, 3.05) is 13.1 Å². The topological polar surface area (TPSA) is 86.9 Å². The summed E-state index contributed by atoms with van der Waals surface area (Å²) in [6, 6.07) is 0. The molecule has 17 heavy (non-hydrogen) atoms. The third-order valence-corrected chi connectivity index (χ3v) is 3.25. The molecule has 3 N–H and O–H groups in total. The van der Waals surface area contributed by atoms with Gasteiger partial charge in [0, 0.05) is 31.9 Å². The van der Waals surface area contributed by atoms with Crippen LogP contribution in [0.1, 0.15) is 26.1 Å². The Morgan fingerprint density at radius 3 is 2.76 bits per heavy atom. The summed E-state index contributed by atoms with van der Waals surface area (Å²) in [4.78, 5) is 7.03. The Bertz CT molecular complexity index is 400. The lowest BCUT2D eigenvalue weighted by molar-refractivity contribution is 0.545. The molecule has 0 aromatic carbocycles. The number of aromatic nitrogens is 2. The summed E-state index contributed by atoms with van der Waals surface area (Å²) in [7, 11) is -3.35. The molecule has 0 saturated heterocycles. The van der Waals surface area contributed by atoms with Crippen LogP contribution in [0.4, 0.5) is 0 Å². The maximum Gasteiger partial charge on any atom is 0.276 e. The summed E-state index contributed by atoms with van der Waals surface area (Å²) >= 11 is 0. The molecule has 0 aliphatic heterocycles. The van der Waals surface area contributed by atoms with Gasteiger partial charge in [-0.1, -0.05) is 13.8 Å². The highest BCUT2D eigenvalue weighted by Crippen LogP contribution is 1.94. The van der Waals surface area contributed by atoms with Gasteiger partial charge >= 0.3 is 0 Å². The Morgan fingerprint density at radius 2 is 2.18 bits per heavy atom. The van der Waals surface area contributed by atoms with E-state index in [1.54, 1.807) is 12.4 Å². The average molecular weight is 260 g/mol. The maximum atomic E-state index is 11.5. The molecule has 98 valence electrons. The highest BCUT2D eigenvalue weighted by atomic mass is 32.2. The molecule has 0 saturated carbocycles. The molecule has 7 heteroatoms. The molecule has 1 aromatic rings. The van der Waals surface area contributed by atoms with Crippen LogP contribution in [0.15, 0.2) is 12.4 Å². The number of H-pyrrole nitrogens is 1. The Labute approximate surface area is 102 Å². The molecule has 0 amide bonds. The number of imidazole rings is 1. The van der Waals surface area contributed by atoms with Crippen LogP contribution >= 0.6 is 0 Å². The Morgan fingerprint density at radius 1 is 1.41 bits per heavy atom. The van der Waals surface area contributed by atoms with Crippen molar-refractivity contribution < 1.29 is 8.42 Å². The van der Waals surface area contributed by atoms with Gasteiger partial charge < -0.3 is 4.98 Å². The first kappa shape index (κ1) is 14.1. The SMILES string of the molecule is CC(C)CNS(=O)(=O)NCCCc1ncc[nH]1. The van der Waals surface area contributed by atoms with E-state index in [0.717, 1.165) is 18.7 Å². The van der Waals surface area contributed by atoms with Gasteiger partial charge in [-0.05, 0) is 12.3 Å². The Kier molecular flexibility index (Phi) is 5.60. The van der Waals surface area contributed by atoms with E-state index in [1.165, 1.54) is 0 Å². The van der Waals surface area contributed by atoms with Gasteiger partial charge in [0.1, 0.15) is 5.82 Å². The number of aromatic amines is 1. The summed E-state index contributed by atoms with van der Waals surface area (Å²) in [5.41, 5.74) is 0. The zero-order valence-electron chi connectivity index (χ0n) is 10.2. The molecular weight excluding hydrogens is 240 g/mol. The van der Waals surface area contributed by atoms with Crippen molar-refractivity contribution in [2.24, 2.45) is 5.92 Å². The van der Waals surface area contributed by atoms with Crippen LogP contribution in [0.3, 0.4) is 0 Å². The zero-order valence-corrected chi connectivity index (χ0v) is 11.0. The Balaban J connectivity index is 2.17. The predicted molar refractivity (Wildman–Crippen MR) is 66.7 cm³/mol. The molecule has 0 aliphatic carbocycles. The van der Waals surface area contributed by atoms with Crippen molar-refractivity contribution >= 4 is 10.2 Å². The first-order valence-electron chi connectivity index (χ1n) is 5.72. The van der Waals surface area contributed by atoms with E-state index >= 15 is 0 Å². The van der Waals surface area contributed by atoms with Gasteiger partial charge in [0.05, 0.1) is 0 Å². The molecule has 0 spiro atoms. The van der Waals surface area contributed by atoms with Crippen LogP contribution in [-0.4, -0.2) is 31.5 Å². The number of aryl methyl sites for hydroxylation is 1. The maximum absolute atomic E-state index is 11.5. The van der Waals surface area contributed by atoms with E-state index in [9.17, 15) is 8.42 Å². The van der Waals surface area contributed by atoms with Crippen molar-refractivity contribution in [3.63, 3.8) is 0 Å². The molecule has 1 rings (SSSR count). The van der Waals surface area contributed by atoms with Crippen LogP contribution in [0.5, 0.6) is 0 Å². The van der Waals surface area contributed by atoms with Crippen LogP contribution < -0.4 is 9.44 Å². The molecule has 6 nitrogen and oxygen atoms in total. The minimum atomic E-state index is -3.35. The second-order valence-electron chi connectivity index (χ2n) is 4.28. The zero-order chi connectivity index (χ0) is 12.7. The molecule has 0 unspecified atom stereocenters. The van der Waals surface area contributed by atoms with Crippen LogP contribution in [0, 0.1) is 5.92 Å². The number of nitrogens with one attached hydrogen (secondary N) is 3. The summed E-state index contributed by atoms with van der Waals surface area (Å²) in [5.74, 6) is 1.18. The minimum Gasteiger partial charge on any atom is -0.349 e. The first-order chi connectivity index (χ1) is 7.99. The molecular formula is C10H20N4O2S. The largest absolute Gasteiger partial charge is 0.349 e. The molecule has 0 radical (unpaired) electrons. The van der Waals surface area contributed by atoms with Crippen LogP contribution in [0.25, 0.3) is 0 Å². The molecule has 0 bridgehead atoms. The lowest BCUT2D eigenvalue weighted by Crippen LogP contribution is -2.38. The van der Waals surface area contributed by atoms with Crippen LogP contribution in [-0.2, 0) is 16.6 Å². The van der Waals surface area contributed by atoms with E-state index in [4.69, 9.17) is 0 Å². The standard InChI is InChI=1S/C10H20N4O2S/c1-9(2)8-14-17(15,16)13-5-3-4-10-11-6-7-12-10/h6-7,9,13-14H,3-5,8H2,1-2H3,(H,11,12). The van der Waals surface area contributed by atoms with Crippen molar-refractivity contribution in [1.82, 2.24) is 19.4 Å². The Hall–Kier alpha value is -0.920. The summed E-state index contributed by atoms with van der Waals surface area (Å²) in [5, 5.41) is 0. The smallest absolute Gasteiger partial charge is 0.276 e. The highest BCUT2D eigenvalue weighted by molar-refractivity contribution is 7.87. The van der Waals surface area contributed by atoms with Crippen molar-refractivity contribution in [2.45, 2.75) is 26.7 Å². The van der Waals surface area contributed by atoms with Crippen molar-refractivity contribution in [3.8, 4) is 0 Å². The summed E-state index contributed by atoms with van der Waals surface area (Å²) in [6.07, 6.45) is 4.89. The summed E-state index contributed by atoms with van der Waals surface area (Å²) < 4.78 is 27.9. The second kappa shape index (κ2) is 6.73. The molecule has 0 aliphatic rings. The number of hydrogen-bond donors (Lipinski definition) is 3. The second-order valence-corrected chi connectivity index (χ2v) is 5.86. The normalized spacial score (nSPS) is 12.2. The van der Waals surface area contributed by atoms with E-state index in [0.29, 0.717) is 19.0 Å². The number of hydrogen-bond acceptors (Lipinski definition) is 3. The fraction of sp³-hybridized carbons (Fsp3) is 0.700. The van der Waals surface area contributed by atoms with Gasteiger partial charge in [-0.3, -0.25) is 0 Å². The minimum absolute atomic E-state index is 0.301. The van der Waals surface area contributed by atoms with Gasteiger partial charge in [0.15, 0.2) is 0 Å². The fourth-order valence-electron chi connectivity index (χ4n) is 1.22. The lowest BCUT2D eigenvalue weighted by atomic mass is 10.2. The molecule has 1 heterocycles. The third kappa shape index (κ3) is 6.40. The van der Waals surface area contributed by atoms with Gasteiger partial charge in [0.2, 0.25) is 0 Å². The average Bonchev–Trinajstić information content (AvgIpc) is 2.75. The van der Waals surface area contributed by atoms with Gasteiger partial charge in [-0.15, -0.1) is 0 Å². The molecule has 1 aromatic heterocycles. The van der Waals surface area contributed by atoms with Crippen LogP contribution in [0.2, 0.25) is 0 Å². The van der Waals surface area contributed by atoms with Gasteiger partial charge in [-0.2, -0.15) is 8.42 Å². The monoisotopic (exact) mass is 260 g/mol. The molecule has 0 fully saturated rings. The quantitative estimate of drug-likeness (QED) is 0.592. The van der Waals surface area contributed by atoms with E-state index < -0.39 is 10.2 Å². The van der Waals surface area contributed by atoms with Crippen molar-refractivity contribution in [3.05, 3.63) is 18.2 Å². The third-order valence-electron chi connectivity index (χ3n) is 2.12. The fourth-order valence-corrected chi connectivity index (χ4v) is 2.29. The highest BCUT2D eigenvalue weighted by Gasteiger charge is 2.08. The summed E-state index contributed by atoms with van der Waals surface area (Å²) in [6.45, 7) is 4.78.